The third-order valence-electron chi connectivity index (χ3n) is 2.09. The maximum atomic E-state index is 12.3. The van der Waals surface area contributed by atoms with Crippen LogP contribution in [0.1, 0.15) is 31.1 Å². The van der Waals surface area contributed by atoms with Gasteiger partial charge in [-0.15, -0.1) is 0 Å². The summed E-state index contributed by atoms with van der Waals surface area (Å²) in [4.78, 5) is 12.3. The minimum atomic E-state index is -0.588. The summed E-state index contributed by atoms with van der Waals surface area (Å²) in [6.45, 7) is 5.40. The van der Waals surface area contributed by atoms with E-state index in [2.05, 4.69) is 0 Å². The van der Waals surface area contributed by atoms with Crippen molar-refractivity contribution < 1.29 is 4.79 Å². The first-order valence-corrected chi connectivity index (χ1v) is 6.48. The van der Waals surface area contributed by atoms with E-state index in [-0.39, 0.29) is 0 Å². The van der Waals surface area contributed by atoms with Crippen molar-refractivity contribution in [3.05, 3.63) is 33.8 Å². The van der Waals surface area contributed by atoms with E-state index in [1.165, 1.54) is 17.1 Å². The van der Waals surface area contributed by atoms with Crippen molar-refractivity contribution in [3.8, 4) is 0 Å². The van der Waals surface area contributed by atoms with Gasteiger partial charge in [0, 0.05) is 39.2 Å². The van der Waals surface area contributed by atoms with Crippen LogP contribution in [0.4, 0.5) is 0 Å². The topological polar surface area (TPSA) is 23.6 Å². The van der Waals surface area contributed by atoms with Crippen molar-refractivity contribution >= 4 is 52.7 Å². The van der Waals surface area contributed by atoms with Crippen LogP contribution in [0.2, 0.25) is 10.0 Å². The first-order chi connectivity index (χ1) is 8.12. The van der Waals surface area contributed by atoms with Gasteiger partial charge in [-0.1, -0.05) is 23.2 Å². The van der Waals surface area contributed by atoms with Gasteiger partial charge in [0.1, 0.15) is 0 Å². The summed E-state index contributed by atoms with van der Waals surface area (Å²) >= 11 is 23.1. The normalized spacial score (nSPS) is 11.8. The standard InChI is InChI=1S/C11H12Cl4N2O/c1-11(2,3)16(17(14)15)10(18)7-4-8(12)6-9(13)5-7/h4-6H,1-3H3. The number of hydrogen-bond donors (Lipinski definition) is 0. The van der Waals surface area contributed by atoms with E-state index in [1.54, 1.807) is 26.8 Å². The lowest BCUT2D eigenvalue weighted by Crippen LogP contribution is -2.49. The molecular weight excluding hydrogens is 318 g/mol. The fraction of sp³-hybridized carbons (Fsp3) is 0.364. The molecule has 0 aromatic heterocycles. The predicted molar refractivity (Wildman–Crippen MR) is 75.9 cm³/mol. The van der Waals surface area contributed by atoms with Gasteiger partial charge in [-0.25, -0.2) is 5.01 Å². The first kappa shape index (κ1) is 15.9. The van der Waals surface area contributed by atoms with E-state index in [0.29, 0.717) is 19.7 Å². The minimum Gasteiger partial charge on any atom is -0.268 e. The Morgan fingerprint density at radius 2 is 1.50 bits per heavy atom. The zero-order valence-corrected chi connectivity index (χ0v) is 13.1. The summed E-state index contributed by atoms with van der Waals surface area (Å²) in [5, 5.41) is 1.93. The quantitative estimate of drug-likeness (QED) is 0.577. The molecule has 1 rings (SSSR count). The van der Waals surface area contributed by atoms with Crippen LogP contribution in [-0.2, 0) is 0 Å². The number of hydrogen-bond acceptors (Lipinski definition) is 2. The van der Waals surface area contributed by atoms with Crippen molar-refractivity contribution in [1.82, 2.24) is 9.06 Å². The molecule has 1 amide bonds. The fourth-order valence-corrected chi connectivity index (χ4v) is 2.52. The molecule has 0 spiro atoms. The Morgan fingerprint density at radius 1 is 1.06 bits per heavy atom. The average Bonchev–Trinajstić information content (AvgIpc) is 2.12. The smallest absolute Gasteiger partial charge is 0.268 e. The van der Waals surface area contributed by atoms with Crippen LogP contribution >= 0.6 is 46.8 Å². The summed E-state index contributed by atoms with van der Waals surface area (Å²) in [7, 11) is 0. The van der Waals surface area contributed by atoms with Gasteiger partial charge in [-0.2, -0.15) is 0 Å². The van der Waals surface area contributed by atoms with Crippen molar-refractivity contribution in [2.45, 2.75) is 26.3 Å². The van der Waals surface area contributed by atoms with E-state index in [4.69, 9.17) is 46.8 Å². The highest BCUT2D eigenvalue weighted by Gasteiger charge is 2.32. The number of carbonyl (C=O) groups is 1. The third kappa shape index (κ3) is 3.90. The lowest BCUT2D eigenvalue weighted by Gasteiger charge is -2.36. The van der Waals surface area contributed by atoms with Gasteiger partial charge in [0.15, 0.2) is 0 Å². The number of hydrazine groups is 1. The Morgan fingerprint density at radius 3 is 1.83 bits per heavy atom. The highest BCUT2D eigenvalue weighted by atomic mass is 35.5. The third-order valence-corrected chi connectivity index (χ3v) is 2.83. The summed E-state index contributed by atoms with van der Waals surface area (Å²) in [5.74, 6) is -0.392. The molecular formula is C11H12Cl4N2O. The molecule has 7 heteroatoms. The molecule has 0 unspecified atom stereocenters. The van der Waals surface area contributed by atoms with Crippen LogP contribution in [0.15, 0.2) is 18.2 Å². The Labute approximate surface area is 126 Å². The highest BCUT2D eigenvalue weighted by molar-refractivity contribution is 6.35. The average molecular weight is 330 g/mol. The SMILES string of the molecule is CC(C)(C)N(C(=O)c1cc(Cl)cc(Cl)c1)N(Cl)Cl. The van der Waals surface area contributed by atoms with E-state index in [1.807, 2.05) is 0 Å². The van der Waals surface area contributed by atoms with Crippen LogP contribution in [0.3, 0.4) is 0 Å². The number of halogens is 4. The molecule has 1 aromatic carbocycles. The number of benzene rings is 1. The molecule has 0 saturated carbocycles. The number of carbonyl (C=O) groups excluding carboxylic acids is 1. The molecule has 0 saturated heterocycles. The van der Waals surface area contributed by atoms with Crippen LogP contribution in [0, 0.1) is 0 Å². The maximum Gasteiger partial charge on any atom is 0.270 e. The van der Waals surface area contributed by atoms with Crippen LogP contribution < -0.4 is 0 Å². The second kappa shape index (κ2) is 5.85. The zero-order valence-electron chi connectivity index (χ0n) is 10.0. The molecule has 18 heavy (non-hydrogen) atoms. The van der Waals surface area contributed by atoms with Crippen molar-refractivity contribution in [3.63, 3.8) is 0 Å². The molecule has 0 fully saturated rings. The molecule has 1 aromatic rings. The van der Waals surface area contributed by atoms with Crippen LogP contribution in [-0.4, -0.2) is 20.5 Å². The Hall–Kier alpha value is -0.190. The molecule has 0 bridgehead atoms. The van der Waals surface area contributed by atoms with E-state index in [9.17, 15) is 4.79 Å². The Bertz CT molecular complexity index is 437. The Kier molecular flexibility index (Phi) is 5.15. The molecule has 100 valence electrons. The van der Waals surface area contributed by atoms with E-state index >= 15 is 0 Å². The number of nitrogens with zero attached hydrogens (tertiary/aromatic N) is 2. The molecule has 0 aliphatic rings. The van der Waals surface area contributed by atoms with Crippen molar-refractivity contribution in [2.24, 2.45) is 0 Å². The van der Waals surface area contributed by atoms with Gasteiger partial charge >= 0.3 is 0 Å². The van der Waals surface area contributed by atoms with Gasteiger partial charge in [0.05, 0.1) is 5.54 Å². The summed E-state index contributed by atoms with van der Waals surface area (Å²) in [5.41, 5.74) is -0.274. The molecule has 0 aliphatic carbocycles. The van der Waals surface area contributed by atoms with Crippen LogP contribution in [0.25, 0.3) is 0 Å². The monoisotopic (exact) mass is 328 g/mol. The van der Waals surface area contributed by atoms with E-state index < -0.39 is 11.4 Å². The first-order valence-electron chi connectivity index (χ1n) is 5.05. The lowest BCUT2D eigenvalue weighted by molar-refractivity contribution is 0.0244. The summed E-state index contributed by atoms with van der Waals surface area (Å²) < 4.78 is 0.705. The van der Waals surface area contributed by atoms with Gasteiger partial charge in [0.2, 0.25) is 0 Å². The predicted octanol–water partition coefficient (Wildman–Crippen LogP) is 4.76. The summed E-state index contributed by atoms with van der Waals surface area (Å²) in [6.07, 6.45) is 0. The highest BCUT2D eigenvalue weighted by Crippen LogP contribution is 2.26. The van der Waals surface area contributed by atoms with Crippen LogP contribution in [0.5, 0.6) is 0 Å². The molecule has 0 radical (unpaired) electrons. The van der Waals surface area contributed by atoms with E-state index in [0.717, 1.165) is 0 Å². The second-order valence-electron chi connectivity index (χ2n) is 4.66. The number of amides is 1. The maximum absolute atomic E-state index is 12.3. The van der Waals surface area contributed by atoms with Crippen molar-refractivity contribution in [1.29, 1.82) is 0 Å². The second-order valence-corrected chi connectivity index (χ2v) is 6.35. The van der Waals surface area contributed by atoms with Crippen molar-refractivity contribution in [2.75, 3.05) is 0 Å². The molecule has 0 heterocycles. The van der Waals surface area contributed by atoms with Gasteiger partial charge in [0.25, 0.3) is 5.91 Å². The Balaban J connectivity index is 3.18. The molecule has 0 aliphatic heterocycles. The number of rotatable bonds is 2. The van der Waals surface area contributed by atoms with Gasteiger partial charge in [-0.3, -0.25) is 4.79 Å². The van der Waals surface area contributed by atoms with Gasteiger partial charge in [-0.05, 0) is 43.0 Å². The molecule has 3 nitrogen and oxygen atoms in total. The fourth-order valence-electron chi connectivity index (χ4n) is 1.40. The minimum absolute atomic E-state index is 0.314. The lowest BCUT2D eigenvalue weighted by atomic mass is 10.1. The molecule has 0 atom stereocenters. The zero-order chi connectivity index (χ0) is 14.1. The summed E-state index contributed by atoms with van der Waals surface area (Å²) in [6, 6.07) is 4.55. The molecule has 0 N–H and O–H groups in total. The largest absolute Gasteiger partial charge is 0.270 e. The van der Waals surface area contributed by atoms with Gasteiger partial charge < -0.3 is 0 Å².